The standard InChI is InChI=1S/C23H19N3O4/c1-29-19-13-17(10-11-18(19)27)21-22(26-12-4-3-5-20(26)25-21)24-14-15-6-8-16(9-7-15)23(28)30-2/h3-14,27H,1-2H3. The van der Waals surface area contributed by atoms with Crippen molar-refractivity contribution in [2.24, 2.45) is 4.99 Å². The summed E-state index contributed by atoms with van der Waals surface area (Å²) in [6, 6.07) is 17.7. The number of carbonyl (C=O) groups excluding carboxylic acids is 1. The molecule has 1 N–H and O–H groups in total. The molecule has 7 heteroatoms. The summed E-state index contributed by atoms with van der Waals surface area (Å²) in [6.07, 6.45) is 3.59. The van der Waals surface area contributed by atoms with E-state index in [0.717, 1.165) is 16.8 Å². The Morgan fingerprint density at radius 3 is 2.63 bits per heavy atom. The zero-order chi connectivity index (χ0) is 21.1. The predicted molar refractivity (Wildman–Crippen MR) is 114 cm³/mol. The Balaban J connectivity index is 1.77. The molecular formula is C23H19N3O4. The molecular weight excluding hydrogens is 382 g/mol. The minimum Gasteiger partial charge on any atom is -0.504 e. The molecule has 4 aromatic rings. The third kappa shape index (κ3) is 3.60. The van der Waals surface area contributed by atoms with Crippen LogP contribution in [0.1, 0.15) is 15.9 Å². The van der Waals surface area contributed by atoms with Gasteiger partial charge in [0, 0.05) is 18.0 Å². The maximum Gasteiger partial charge on any atom is 0.337 e. The Morgan fingerprint density at radius 1 is 1.10 bits per heavy atom. The van der Waals surface area contributed by atoms with E-state index in [1.54, 1.807) is 48.7 Å². The van der Waals surface area contributed by atoms with E-state index in [-0.39, 0.29) is 11.7 Å². The number of imidazole rings is 1. The Morgan fingerprint density at radius 2 is 1.90 bits per heavy atom. The van der Waals surface area contributed by atoms with Gasteiger partial charge in [0.15, 0.2) is 17.3 Å². The number of aromatic hydroxyl groups is 1. The zero-order valence-electron chi connectivity index (χ0n) is 16.4. The summed E-state index contributed by atoms with van der Waals surface area (Å²) in [7, 11) is 2.85. The summed E-state index contributed by atoms with van der Waals surface area (Å²) < 4.78 is 11.8. The number of pyridine rings is 1. The van der Waals surface area contributed by atoms with Gasteiger partial charge < -0.3 is 14.6 Å². The van der Waals surface area contributed by atoms with Crippen LogP contribution in [-0.2, 0) is 4.74 Å². The number of rotatable bonds is 5. The van der Waals surface area contributed by atoms with E-state index in [0.29, 0.717) is 22.8 Å². The fourth-order valence-electron chi connectivity index (χ4n) is 3.08. The van der Waals surface area contributed by atoms with Crippen LogP contribution in [0.4, 0.5) is 5.82 Å². The molecule has 0 bridgehead atoms. The maximum absolute atomic E-state index is 11.6. The quantitative estimate of drug-likeness (QED) is 0.399. The summed E-state index contributed by atoms with van der Waals surface area (Å²) in [4.78, 5) is 21.0. The summed E-state index contributed by atoms with van der Waals surface area (Å²) in [5.74, 6) is 0.665. The molecule has 0 saturated carbocycles. The molecule has 2 aromatic heterocycles. The van der Waals surface area contributed by atoms with Crippen LogP contribution in [0.2, 0.25) is 0 Å². The smallest absolute Gasteiger partial charge is 0.337 e. The van der Waals surface area contributed by atoms with Gasteiger partial charge in [-0.25, -0.2) is 14.8 Å². The van der Waals surface area contributed by atoms with Gasteiger partial charge in [0.05, 0.1) is 19.8 Å². The van der Waals surface area contributed by atoms with E-state index in [2.05, 4.69) is 4.99 Å². The van der Waals surface area contributed by atoms with E-state index in [9.17, 15) is 9.90 Å². The molecule has 0 saturated heterocycles. The van der Waals surface area contributed by atoms with Crippen LogP contribution in [0, 0.1) is 0 Å². The van der Waals surface area contributed by atoms with Gasteiger partial charge in [0.2, 0.25) is 0 Å². The molecule has 0 unspecified atom stereocenters. The van der Waals surface area contributed by atoms with Gasteiger partial charge in [-0.2, -0.15) is 0 Å². The highest BCUT2D eigenvalue weighted by Gasteiger charge is 2.15. The van der Waals surface area contributed by atoms with E-state index >= 15 is 0 Å². The topological polar surface area (TPSA) is 85.4 Å². The highest BCUT2D eigenvalue weighted by atomic mass is 16.5. The summed E-state index contributed by atoms with van der Waals surface area (Å²) in [5, 5.41) is 9.91. The second-order valence-corrected chi connectivity index (χ2v) is 6.47. The Kier molecular flexibility index (Phi) is 5.17. The Bertz CT molecular complexity index is 1240. The van der Waals surface area contributed by atoms with Gasteiger partial charge in [-0.05, 0) is 48.0 Å². The molecule has 2 heterocycles. The van der Waals surface area contributed by atoms with Crippen molar-refractivity contribution in [1.82, 2.24) is 9.38 Å². The van der Waals surface area contributed by atoms with Crippen LogP contribution in [0.25, 0.3) is 16.9 Å². The molecule has 0 spiro atoms. The zero-order valence-corrected chi connectivity index (χ0v) is 16.4. The lowest BCUT2D eigenvalue weighted by atomic mass is 10.1. The maximum atomic E-state index is 11.6. The summed E-state index contributed by atoms with van der Waals surface area (Å²) >= 11 is 0. The first-order chi connectivity index (χ1) is 14.6. The third-order valence-electron chi connectivity index (χ3n) is 4.63. The van der Waals surface area contributed by atoms with Crippen LogP contribution in [0.5, 0.6) is 11.5 Å². The van der Waals surface area contributed by atoms with Gasteiger partial charge in [0.1, 0.15) is 11.3 Å². The number of phenolic OH excluding ortho intramolecular Hbond substituents is 1. The fraction of sp³-hybridized carbons (Fsp3) is 0.0870. The first kappa shape index (κ1) is 19.2. The van der Waals surface area contributed by atoms with Gasteiger partial charge >= 0.3 is 5.97 Å². The number of aromatic nitrogens is 2. The van der Waals surface area contributed by atoms with Crippen molar-refractivity contribution in [2.75, 3.05) is 14.2 Å². The van der Waals surface area contributed by atoms with Crippen LogP contribution in [0.3, 0.4) is 0 Å². The number of ether oxygens (including phenoxy) is 2. The molecule has 0 aliphatic carbocycles. The lowest BCUT2D eigenvalue weighted by Gasteiger charge is -2.06. The van der Waals surface area contributed by atoms with E-state index < -0.39 is 0 Å². The van der Waals surface area contributed by atoms with E-state index in [4.69, 9.17) is 14.5 Å². The average Bonchev–Trinajstić information content (AvgIpc) is 3.16. The van der Waals surface area contributed by atoms with Crippen molar-refractivity contribution in [3.63, 3.8) is 0 Å². The fourth-order valence-corrected chi connectivity index (χ4v) is 3.08. The van der Waals surface area contributed by atoms with Crippen LogP contribution in [0.15, 0.2) is 71.9 Å². The van der Waals surface area contributed by atoms with Crippen molar-refractivity contribution in [2.45, 2.75) is 0 Å². The van der Waals surface area contributed by atoms with E-state index in [1.165, 1.54) is 14.2 Å². The number of benzene rings is 2. The molecule has 0 amide bonds. The number of methoxy groups -OCH3 is 2. The molecule has 0 aliphatic rings. The van der Waals surface area contributed by atoms with Crippen LogP contribution < -0.4 is 4.74 Å². The number of aliphatic imine (C=N–C) groups is 1. The number of phenols is 1. The Hall–Kier alpha value is -4.13. The normalized spacial score (nSPS) is 11.1. The highest BCUT2D eigenvalue weighted by Crippen LogP contribution is 2.36. The SMILES string of the molecule is COC(=O)c1ccc(C=Nc2c(-c3ccc(O)c(OC)c3)nc3ccccn23)cc1. The average molecular weight is 401 g/mol. The summed E-state index contributed by atoms with van der Waals surface area (Å²) in [6.45, 7) is 0. The van der Waals surface area contributed by atoms with Gasteiger partial charge in [-0.3, -0.25) is 4.40 Å². The minimum absolute atomic E-state index is 0.0563. The number of fused-ring (bicyclic) bond motifs is 1. The van der Waals surface area contributed by atoms with Gasteiger partial charge in [-0.1, -0.05) is 18.2 Å². The highest BCUT2D eigenvalue weighted by molar-refractivity contribution is 5.91. The van der Waals surface area contributed by atoms with Crippen molar-refractivity contribution in [3.8, 4) is 22.8 Å². The van der Waals surface area contributed by atoms with Crippen LogP contribution >= 0.6 is 0 Å². The Labute approximate surface area is 172 Å². The number of esters is 1. The molecule has 7 nitrogen and oxygen atoms in total. The molecule has 0 atom stereocenters. The van der Waals surface area contributed by atoms with Crippen molar-refractivity contribution >= 4 is 23.6 Å². The molecule has 2 aromatic carbocycles. The molecule has 0 radical (unpaired) electrons. The van der Waals surface area contributed by atoms with Gasteiger partial charge in [0.25, 0.3) is 0 Å². The van der Waals surface area contributed by atoms with Crippen molar-refractivity contribution < 1.29 is 19.4 Å². The number of hydrogen-bond donors (Lipinski definition) is 1. The lowest BCUT2D eigenvalue weighted by Crippen LogP contribution is -2.00. The number of hydrogen-bond acceptors (Lipinski definition) is 6. The molecule has 4 rings (SSSR count). The number of nitrogens with zero attached hydrogens (tertiary/aromatic N) is 3. The third-order valence-corrected chi connectivity index (χ3v) is 4.63. The first-order valence-corrected chi connectivity index (χ1v) is 9.17. The van der Waals surface area contributed by atoms with E-state index in [1.807, 2.05) is 28.8 Å². The monoisotopic (exact) mass is 401 g/mol. The van der Waals surface area contributed by atoms with Crippen molar-refractivity contribution in [3.05, 3.63) is 78.0 Å². The van der Waals surface area contributed by atoms with Crippen LogP contribution in [-0.4, -0.2) is 40.9 Å². The molecule has 30 heavy (non-hydrogen) atoms. The second kappa shape index (κ2) is 8.08. The largest absolute Gasteiger partial charge is 0.504 e. The van der Waals surface area contributed by atoms with Crippen molar-refractivity contribution in [1.29, 1.82) is 0 Å². The molecule has 0 aliphatic heterocycles. The summed E-state index contributed by atoms with van der Waals surface area (Å²) in [5.41, 5.74) is 3.46. The lowest BCUT2D eigenvalue weighted by molar-refractivity contribution is 0.0600. The number of carbonyl (C=O) groups is 1. The molecule has 0 fully saturated rings. The first-order valence-electron chi connectivity index (χ1n) is 9.17. The minimum atomic E-state index is -0.385. The molecule has 150 valence electrons. The predicted octanol–water partition coefficient (Wildman–Crippen LogP) is 4.25. The van der Waals surface area contributed by atoms with Gasteiger partial charge in [-0.15, -0.1) is 0 Å². The second-order valence-electron chi connectivity index (χ2n) is 6.47.